The molecule has 29 heavy (non-hydrogen) atoms. The molecular weight excluding hydrogens is 391 g/mol. The lowest BCUT2D eigenvalue weighted by Gasteiger charge is -2.17. The second kappa shape index (κ2) is 9.13. The third-order valence-corrected chi connectivity index (χ3v) is 5.50. The number of fused-ring (bicyclic) bond motifs is 1. The van der Waals surface area contributed by atoms with Crippen LogP contribution in [-0.4, -0.2) is 45.0 Å². The molecular formula is C20H25FN6OS. The fourth-order valence-corrected chi connectivity index (χ4v) is 3.96. The molecule has 0 bridgehead atoms. The van der Waals surface area contributed by atoms with E-state index in [-0.39, 0.29) is 24.2 Å². The van der Waals surface area contributed by atoms with Gasteiger partial charge >= 0.3 is 0 Å². The standard InChI is InChI=1S/C18H19FN6OS.C2H6/c1-10(11-3-2-5-21-8-11)22-18-23-13-7-14(20)27-16(13)15(24-18)17(26)25-6-4-12(19)9-25;1-2/h2-3,5,7-8,10,12H,4,6,9,20H2,1H3,(H,22,23,24);1-2H3/t10?,12-;/m1./s1. The first-order valence-electron chi connectivity index (χ1n) is 9.68. The Kier molecular flexibility index (Phi) is 6.58. The van der Waals surface area contributed by atoms with Gasteiger partial charge in [-0.15, -0.1) is 11.3 Å². The SMILES string of the molecule is CC.CC(Nc1nc(C(=O)N2CC[C@@H](F)C2)c2sc(N)cc2n1)c1cccnc1. The number of nitrogens with two attached hydrogens (primary N) is 1. The summed E-state index contributed by atoms with van der Waals surface area (Å²) in [5.41, 5.74) is 7.75. The minimum atomic E-state index is -0.983. The second-order valence-corrected chi connectivity index (χ2v) is 7.63. The first-order valence-corrected chi connectivity index (χ1v) is 10.5. The van der Waals surface area contributed by atoms with Crippen molar-refractivity contribution in [2.75, 3.05) is 24.1 Å². The van der Waals surface area contributed by atoms with Crippen LogP contribution in [0.4, 0.5) is 15.3 Å². The monoisotopic (exact) mass is 416 g/mol. The van der Waals surface area contributed by atoms with Crippen LogP contribution in [0.3, 0.4) is 0 Å². The molecule has 1 unspecified atom stereocenters. The topological polar surface area (TPSA) is 97.0 Å². The number of amides is 1. The number of rotatable bonds is 4. The number of aromatic nitrogens is 3. The molecule has 1 aliphatic heterocycles. The summed E-state index contributed by atoms with van der Waals surface area (Å²) in [5, 5.41) is 3.76. The number of pyridine rings is 1. The van der Waals surface area contributed by atoms with Gasteiger partial charge in [-0.25, -0.2) is 14.4 Å². The average molecular weight is 417 g/mol. The molecule has 1 fully saturated rings. The summed E-state index contributed by atoms with van der Waals surface area (Å²) in [5.74, 6) is 0.0393. The third kappa shape index (κ3) is 4.61. The predicted octanol–water partition coefficient (Wildman–Crippen LogP) is 4.05. The van der Waals surface area contributed by atoms with E-state index in [1.54, 1.807) is 18.5 Å². The number of hydrogen-bond donors (Lipinski definition) is 2. The number of likely N-dealkylation sites (tertiary alicyclic amines) is 1. The Morgan fingerprint density at radius 3 is 2.86 bits per heavy atom. The number of nitrogen functional groups attached to an aromatic ring is 1. The molecule has 3 aromatic heterocycles. The summed E-state index contributed by atoms with van der Waals surface area (Å²) in [7, 11) is 0. The molecule has 4 rings (SSSR count). The molecule has 0 spiro atoms. The highest BCUT2D eigenvalue weighted by Crippen LogP contribution is 2.31. The van der Waals surface area contributed by atoms with Crippen molar-refractivity contribution in [3.63, 3.8) is 0 Å². The van der Waals surface area contributed by atoms with E-state index in [1.165, 1.54) is 16.2 Å². The number of hydrogen-bond acceptors (Lipinski definition) is 7. The Hall–Kier alpha value is -2.81. The molecule has 0 aromatic carbocycles. The number of anilines is 2. The zero-order chi connectivity index (χ0) is 21.0. The zero-order valence-electron chi connectivity index (χ0n) is 16.7. The van der Waals surface area contributed by atoms with Gasteiger partial charge in [-0.1, -0.05) is 19.9 Å². The first-order chi connectivity index (χ1) is 14.0. The molecule has 0 aliphatic carbocycles. The average Bonchev–Trinajstić information content (AvgIpc) is 3.33. The van der Waals surface area contributed by atoms with Crippen molar-refractivity contribution < 1.29 is 9.18 Å². The number of alkyl halides is 1. The van der Waals surface area contributed by atoms with E-state index in [2.05, 4.69) is 20.3 Å². The number of nitrogens with zero attached hydrogens (tertiary/aromatic N) is 4. The van der Waals surface area contributed by atoms with Gasteiger partial charge in [0.25, 0.3) is 5.91 Å². The lowest BCUT2D eigenvalue weighted by Crippen LogP contribution is -2.30. The van der Waals surface area contributed by atoms with Crippen molar-refractivity contribution in [2.45, 2.75) is 39.4 Å². The third-order valence-electron chi connectivity index (χ3n) is 4.54. The van der Waals surface area contributed by atoms with Crippen LogP contribution >= 0.6 is 11.3 Å². The number of carbonyl (C=O) groups is 1. The highest BCUT2D eigenvalue weighted by atomic mass is 32.1. The molecule has 0 radical (unpaired) electrons. The van der Waals surface area contributed by atoms with E-state index in [1.807, 2.05) is 32.9 Å². The van der Waals surface area contributed by atoms with Gasteiger partial charge in [0.1, 0.15) is 6.17 Å². The summed E-state index contributed by atoms with van der Waals surface area (Å²) in [6, 6.07) is 5.42. The Labute approximate surface area is 173 Å². The highest BCUT2D eigenvalue weighted by Gasteiger charge is 2.29. The van der Waals surface area contributed by atoms with Crippen molar-refractivity contribution in [3.05, 3.63) is 41.9 Å². The Morgan fingerprint density at radius 1 is 1.41 bits per heavy atom. The largest absolute Gasteiger partial charge is 0.391 e. The smallest absolute Gasteiger partial charge is 0.274 e. The van der Waals surface area contributed by atoms with Crippen LogP contribution in [0.1, 0.15) is 49.3 Å². The van der Waals surface area contributed by atoms with Crippen LogP contribution in [0.2, 0.25) is 0 Å². The van der Waals surface area contributed by atoms with Gasteiger partial charge in [-0.3, -0.25) is 9.78 Å². The fourth-order valence-electron chi connectivity index (χ4n) is 3.12. The van der Waals surface area contributed by atoms with Gasteiger partial charge in [0.05, 0.1) is 27.8 Å². The number of halogens is 1. The molecule has 7 nitrogen and oxygen atoms in total. The quantitative estimate of drug-likeness (QED) is 0.666. The van der Waals surface area contributed by atoms with Gasteiger partial charge in [0, 0.05) is 18.9 Å². The van der Waals surface area contributed by atoms with Crippen molar-refractivity contribution in [1.29, 1.82) is 0 Å². The number of carbonyl (C=O) groups excluding carboxylic acids is 1. The van der Waals surface area contributed by atoms with Gasteiger partial charge in [0.15, 0.2) is 5.69 Å². The molecule has 3 N–H and O–H groups in total. The minimum absolute atomic E-state index is 0.0973. The Balaban J connectivity index is 0.00000117. The molecule has 1 aliphatic rings. The summed E-state index contributed by atoms with van der Waals surface area (Å²) < 4.78 is 14.2. The summed E-state index contributed by atoms with van der Waals surface area (Å²) in [6.07, 6.45) is 2.84. The highest BCUT2D eigenvalue weighted by molar-refractivity contribution is 7.22. The number of thiophene rings is 1. The van der Waals surface area contributed by atoms with Crippen LogP contribution < -0.4 is 11.1 Å². The minimum Gasteiger partial charge on any atom is -0.391 e. The molecule has 1 saturated heterocycles. The maximum atomic E-state index is 13.5. The maximum absolute atomic E-state index is 13.5. The van der Waals surface area contributed by atoms with Crippen LogP contribution in [0.15, 0.2) is 30.6 Å². The zero-order valence-corrected chi connectivity index (χ0v) is 17.5. The van der Waals surface area contributed by atoms with Crippen LogP contribution in [0, 0.1) is 0 Å². The van der Waals surface area contributed by atoms with Crippen molar-refractivity contribution >= 4 is 38.4 Å². The van der Waals surface area contributed by atoms with Crippen molar-refractivity contribution in [2.24, 2.45) is 0 Å². The maximum Gasteiger partial charge on any atom is 0.274 e. The van der Waals surface area contributed by atoms with E-state index in [0.29, 0.717) is 34.1 Å². The van der Waals surface area contributed by atoms with E-state index in [4.69, 9.17) is 5.73 Å². The first kappa shape index (κ1) is 20.9. The van der Waals surface area contributed by atoms with Crippen molar-refractivity contribution in [1.82, 2.24) is 19.9 Å². The summed E-state index contributed by atoms with van der Waals surface area (Å²) >= 11 is 1.26. The molecule has 1 amide bonds. The lowest BCUT2D eigenvalue weighted by atomic mass is 10.1. The van der Waals surface area contributed by atoms with Crippen LogP contribution in [0.25, 0.3) is 10.2 Å². The van der Waals surface area contributed by atoms with Crippen molar-refractivity contribution in [3.8, 4) is 0 Å². The predicted molar refractivity (Wildman–Crippen MR) is 115 cm³/mol. The van der Waals surface area contributed by atoms with Crippen LogP contribution in [0.5, 0.6) is 0 Å². The Morgan fingerprint density at radius 2 is 2.21 bits per heavy atom. The van der Waals surface area contributed by atoms with E-state index in [0.717, 1.165) is 5.56 Å². The molecule has 2 atom stereocenters. The second-order valence-electron chi connectivity index (χ2n) is 6.55. The lowest BCUT2D eigenvalue weighted by molar-refractivity contribution is 0.0779. The molecule has 0 saturated carbocycles. The normalized spacial score (nSPS) is 17.0. The van der Waals surface area contributed by atoms with Gasteiger partial charge in [-0.2, -0.15) is 0 Å². The molecule has 154 valence electrons. The van der Waals surface area contributed by atoms with Gasteiger partial charge in [-0.05, 0) is 31.0 Å². The number of nitrogens with one attached hydrogen (secondary N) is 1. The van der Waals surface area contributed by atoms with E-state index < -0.39 is 6.17 Å². The fraction of sp³-hybridized carbons (Fsp3) is 0.400. The molecule has 9 heteroatoms. The Bertz CT molecular complexity index is 980. The molecule has 4 heterocycles. The van der Waals surface area contributed by atoms with E-state index >= 15 is 0 Å². The van der Waals surface area contributed by atoms with Gasteiger partial charge < -0.3 is 16.0 Å². The summed E-state index contributed by atoms with van der Waals surface area (Å²) in [6.45, 7) is 6.45. The van der Waals surface area contributed by atoms with E-state index in [9.17, 15) is 9.18 Å². The van der Waals surface area contributed by atoms with Gasteiger partial charge in [0.2, 0.25) is 5.95 Å². The summed E-state index contributed by atoms with van der Waals surface area (Å²) in [4.78, 5) is 27.5. The van der Waals surface area contributed by atoms with Crippen LogP contribution in [-0.2, 0) is 0 Å². The molecule has 3 aromatic rings.